The van der Waals surface area contributed by atoms with E-state index in [-0.39, 0.29) is 24.4 Å². The molecule has 0 saturated carbocycles. The summed E-state index contributed by atoms with van der Waals surface area (Å²) in [5.74, 6) is 0.831. The Kier molecular flexibility index (Phi) is 9.84. The predicted octanol–water partition coefficient (Wildman–Crippen LogP) is 7.98. The van der Waals surface area contributed by atoms with Crippen LogP contribution in [0.5, 0.6) is 17.2 Å². The molecule has 0 unspecified atom stereocenters. The van der Waals surface area contributed by atoms with Crippen LogP contribution in [-0.4, -0.2) is 70.9 Å². The van der Waals surface area contributed by atoms with Crippen LogP contribution in [-0.2, 0) is 17.7 Å². The van der Waals surface area contributed by atoms with Crippen molar-refractivity contribution in [1.82, 2.24) is 14.4 Å². The van der Waals surface area contributed by atoms with Gasteiger partial charge in [-0.1, -0.05) is 43.0 Å². The van der Waals surface area contributed by atoms with Crippen molar-refractivity contribution in [3.63, 3.8) is 0 Å². The molecule has 5 heterocycles. The molecule has 1 saturated heterocycles. The van der Waals surface area contributed by atoms with Gasteiger partial charge in [-0.3, -0.25) is 14.5 Å². The Bertz CT molecular complexity index is 2180. The molecular formula is C44H44N4O6. The molecular weight excluding hydrogens is 681 g/mol. The van der Waals surface area contributed by atoms with E-state index >= 15 is 4.79 Å². The normalized spacial score (nSPS) is 17.6. The van der Waals surface area contributed by atoms with Gasteiger partial charge >= 0.3 is 0 Å². The highest BCUT2D eigenvalue weighted by atomic mass is 16.7. The average Bonchev–Trinajstić information content (AvgIpc) is 3.84. The van der Waals surface area contributed by atoms with Crippen molar-refractivity contribution in [2.75, 3.05) is 44.5 Å². The lowest BCUT2D eigenvalue weighted by molar-refractivity contribution is 0.0575. The van der Waals surface area contributed by atoms with Crippen LogP contribution < -0.4 is 14.4 Å². The van der Waals surface area contributed by atoms with Gasteiger partial charge in [0.05, 0.1) is 30.9 Å². The van der Waals surface area contributed by atoms with Gasteiger partial charge in [-0.15, -0.1) is 0 Å². The number of morpholine rings is 1. The maximum Gasteiger partial charge on any atom is 0.264 e. The number of carbonyl (C=O) groups is 2. The number of rotatable bonds is 8. The lowest BCUT2D eigenvalue weighted by Crippen LogP contribution is -2.38. The molecule has 10 nitrogen and oxygen atoms in total. The Balaban J connectivity index is 1.26. The number of para-hydroxylation sites is 1. The van der Waals surface area contributed by atoms with Gasteiger partial charge < -0.3 is 33.7 Å². The quantitative estimate of drug-likeness (QED) is 0.197. The van der Waals surface area contributed by atoms with Crippen molar-refractivity contribution < 1.29 is 28.9 Å². The fourth-order valence-corrected chi connectivity index (χ4v) is 7.82. The second-order valence-electron chi connectivity index (χ2n) is 13.8. The van der Waals surface area contributed by atoms with Gasteiger partial charge in [0.15, 0.2) is 11.5 Å². The minimum absolute atomic E-state index is 0.0594. The summed E-state index contributed by atoms with van der Waals surface area (Å²) in [5.41, 5.74) is 7.76. The zero-order valence-electron chi connectivity index (χ0n) is 30.5. The van der Waals surface area contributed by atoms with E-state index in [0.717, 1.165) is 54.2 Å². The first-order valence-electron chi connectivity index (χ1n) is 18.6. The predicted molar refractivity (Wildman–Crippen MR) is 208 cm³/mol. The topological polar surface area (TPSA) is 96.7 Å². The van der Waals surface area contributed by atoms with Crippen LogP contribution in [0.3, 0.4) is 0 Å². The molecule has 3 aromatic carbocycles. The summed E-state index contributed by atoms with van der Waals surface area (Å²) in [6, 6.07) is 21.8. The highest BCUT2D eigenvalue weighted by Crippen LogP contribution is 2.43. The molecule has 276 valence electrons. The number of ether oxygens (including phenoxy) is 3. The van der Waals surface area contributed by atoms with Crippen LogP contribution in [0, 0.1) is 0 Å². The van der Waals surface area contributed by atoms with Crippen LogP contribution in [0.2, 0.25) is 0 Å². The zero-order chi connectivity index (χ0) is 37.2. The molecule has 10 heteroatoms. The van der Waals surface area contributed by atoms with E-state index in [1.165, 1.54) is 0 Å². The summed E-state index contributed by atoms with van der Waals surface area (Å²) in [6.45, 7) is 9.97. The Hall–Kier alpha value is -6.00. The van der Waals surface area contributed by atoms with Gasteiger partial charge in [-0.25, -0.2) is 0 Å². The number of benzene rings is 3. The number of amides is 2. The van der Waals surface area contributed by atoms with Crippen LogP contribution in [0.25, 0.3) is 11.3 Å². The van der Waals surface area contributed by atoms with Crippen LogP contribution in [0.1, 0.15) is 52.6 Å². The number of fused-ring (bicyclic) bond motifs is 2. The summed E-state index contributed by atoms with van der Waals surface area (Å²) in [4.78, 5) is 35.8. The first-order valence-corrected chi connectivity index (χ1v) is 18.6. The first kappa shape index (κ1) is 35.1. The van der Waals surface area contributed by atoms with E-state index in [4.69, 9.17) is 14.2 Å². The van der Waals surface area contributed by atoms with Gasteiger partial charge in [-0.2, -0.15) is 0 Å². The molecule has 0 radical (unpaired) electrons. The molecule has 4 aliphatic heterocycles. The van der Waals surface area contributed by atoms with Gasteiger partial charge in [0, 0.05) is 66.3 Å². The number of phenols is 1. The van der Waals surface area contributed by atoms with Crippen molar-refractivity contribution >= 4 is 23.2 Å². The van der Waals surface area contributed by atoms with Crippen molar-refractivity contribution in [1.29, 1.82) is 0 Å². The number of aromatic nitrogens is 1. The van der Waals surface area contributed by atoms with Gasteiger partial charge in [0.25, 0.3) is 11.8 Å². The third kappa shape index (κ3) is 6.69. The van der Waals surface area contributed by atoms with Crippen LogP contribution in [0.4, 0.5) is 11.4 Å². The SMILES string of the molecule is C=CC1=C(/C=C\C)CN(C(=O)c2cc3c(cc2-c2cc(C(=O)N(c4ccccc4)c4ccc(O)cc4)c4n2CCCC4)OCO3)/C(=C/N2CCOCC2)C1. The van der Waals surface area contributed by atoms with E-state index in [2.05, 4.69) is 28.3 Å². The monoisotopic (exact) mass is 724 g/mol. The Morgan fingerprint density at radius 1 is 0.870 bits per heavy atom. The number of nitrogens with zero attached hydrogens (tertiary/aromatic N) is 4. The van der Waals surface area contributed by atoms with E-state index in [1.807, 2.05) is 66.4 Å². The van der Waals surface area contributed by atoms with E-state index in [0.29, 0.717) is 78.7 Å². The van der Waals surface area contributed by atoms with Gasteiger partial charge in [0.1, 0.15) is 5.75 Å². The number of carbonyl (C=O) groups excluding carboxylic acids is 2. The lowest BCUT2D eigenvalue weighted by atomic mass is 9.94. The van der Waals surface area contributed by atoms with E-state index in [1.54, 1.807) is 35.2 Å². The maximum atomic E-state index is 15.2. The smallest absolute Gasteiger partial charge is 0.264 e. The number of hydrogen-bond acceptors (Lipinski definition) is 7. The molecule has 4 aromatic rings. The highest BCUT2D eigenvalue weighted by molar-refractivity contribution is 6.13. The number of anilines is 2. The highest BCUT2D eigenvalue weighted by Gasteiger charge is 2.34. The fraction of sp³-hybridized carbons (Fsp3) is 0.273. The average molecular weight is 725 g/mol. The van der Waals surface area contributed by atoms with E-state index in [9.17, 15) is 9.90 Å². The number of hydrogen-bond donors (Lipinski definition) is 1. The number of aromatic hydroxyl groups is 1. The van der Waals surface area contributed by atoms with Crippen molar-refractivity contribution in [2.45, 2.75) is 39.2 Å². The summed E-state index contributed by atoms with van der Waals surface area (Å²) in [5, 5.41) is 10.1. The van der Waals surface area contributed by atoms with Crippen molar-refractivity contribution in [3.8, 4) is 28.5 Å². The fourth-order valence-electron chi connectivity index (χ4n) is 7.82. The lowest BCUT2D eigenvalue weighted by Gasteiger charge is -2.35. The number of phenolic OH excluding ortho intramolecular Hbond substituents is 1. The molecule has 8 rings (SSSR count). The van der Waals surface area contributed by atoms with E-state index < -0.39 is 0 Å². The summed E-state index contributed by atoms with van der Waals surface area (Å²) >= 11 is 0. The molecule has 2 amide bonds. The standard InChI is InChI=1S/C44H44N4O6/c1-3-10-31-27-47(34(23-30(31)4-2)28-45-19-21-52-22-20-45)43(50)37-26-42-41(53-29-54-42)25-36(37)40-24-38(39-13-8-9-18-46(39)40)44(51)48(32-11-6-5-7-12-32)33-14-16-35(49)17-15-33/h3-7,10-12,14-17,24-26,28,49H,2,8-9,13,18-23,27,29H2,1H3/b10-3-,34-28+. The molecule has 1 N–H and O–H groups in total. The van der Waals surface area contributed by atoms with Crippen molar-refractivity contribution in [3.05, 3.63) is 137 Å². The minimum atomic E-state index is -0.192. The first-order chi connectivity index (χ1) is 26.4. The van der Waals surface area contributed by atoms with Gasteiger partial charge in [0.2, 0.25) is 6.79 Å². The molecule has 0 atom stereocenters. The Morgan fingerprint density at radius 2 is 1.61 bits per heavy atom. The molecule has 1 fully saturated rings. The van der Waals surface area contributed by atoms with Crippen LogP contribution in [0.15, 0.2) is 121 Å². The molecule has 54 heavy (non-hydrogen) atoms. The largest absolute Gasteiger partial charge is 0.508 e. The minimum Gasteiger partial charge on any atom is -0.508 e. The Labute approximate surface area is 315 Å². The van der Waals surface area contributed by atoms with Crippen LogP contribution >= 0.6 is 0 Å². The second kappa shape index (κ2) is 15.2. The molecule has 0 spiro atoms. The second-order valence-corrected chi connectivity index (χ2v) is 13.8. The van der Waals surface area contributed by atoms with Crippen molar-refractivity contribution in [2.24, 2.45) is 0 Å². The third-order valence-corrected chi connectivity index (χ3v) is 10.5. The zero-order valence-corrected chi connectivity index (χ0v) is 30.5. The molecule has 1 aromatic heterocycles. The Morgan fingerprint density at radius 3 is 2.35 bits per heavy atom. The number of allylic oxidation sites excluding steroid dienone is 3. The summed E-state index contributed by atoms with van der Waals surface area (Å²) in [6.07, 6.45) is 11.2. The maximum absolute atomic E-state index is 15.2. The summed E-state index contributed by atoms with van der Waals surface area (Å²) < 4.78 is 19.6. The van der Waals surface area contributed by atoms with Gasteiger partial charge in [-0.05, 0) is 91.9 Å². The third-order valence-electron chi connectivity index (χ3n) is 10.5. The molecule has 4 aliphatic rings. The molecule has 0 bridgehead atoms. The summed E-state index contributed by atoms with van der Waals surface area (Å²) in [7, 11) is 0. The molecule has 0 aliphatic carbocycles.